The molecule has 22 heavy (non-hydrogen) atoms. The molecule has 0 unspecified atom stereocenters. The van der Waals surface area contributed by atoms with Crippen molar-refractivity contribution in [2.75, 3.05) is 0 Å². The van der Waals surface area contributed by atoms with Crippen molar-refractivity contribution in [3.05, 3.63) is 69.8 Å². The standard InChI is InChI=1S/C15H12N4O3/c20-15(18-8-12-7-16-10-17-14(12)9-18)6-3-11-1-4-13(5-2-11)19(21)22/h1-7,10H,8-9H2/b6-3+. The van der Waals surface area contributed by atoms with Gasteiger partial charge in [-0.25, -0.2) is 9.97 Å². The fourth-order valence-electron chi connectivity index (χ4n) is 2.24. The third kappa shape index (κ3) is 2.83. The maximum Gasteiger partial charge on any atom is 0.269 e. The molecule has 0 atom stereocenters. The predicted octanol–water partition coefficient (Wildman–Crippen LogP) is 1.94. The molecule has 0 saturated heterocycles. The summed E-state index contributed by atoms with van der Waals surface area (Å²) in [4.78, 5) is 32.0. The monoisotopic (exact) mass is 296 g/mol. The van der Waals surface area contributed by atoms with E-state index in [2.05, 4.69) is 9.97 Å². The summed E-state index contributed by atoms with van der Waals surface area (Å²) < 4.78 is 0. The molecule has 0 N–H and O–H groups in total. The Bertz CT molecular complexity index is 731. The molecule has 1 aliphatic heterocycles. The second kappa shape index (κ2) is 5.72. The van der Waals surface area contributed by atoms with E-state index in [0.29, 0.717) is 13.1 Å². The fourth-order valence-corrected chi connectivity index (χ4v) is 2.24. The van der Waals surface area contributed by atoms with Crippen LogP contribution < -0.4 is 0 Å². The molecule has 2 aromatic rings. The largest absolute Gasteiger partial charge is 0.329 e. The van der Waals surface area contributed by atoms with Gasteiger partial charge in [-0.15, -0.1) is 0 Å². The van der Waals surface area contributed by atoms with Crippen LogP contribution in [0.4, 0.5) is 5.69 Å². The van der Waals surface area contributed by atoms with E-state index in [0.717, 1.165) is 16.8 Å². The predicted molar refractivity (Wildman–Crippen MR) is 78.4 cm³/mol. The average Bonchev–Trinajstić information content (AvgIpc) is 2.97. The van der Waals surface area contributed by atoms with Crippen molar-refractivity contribution in [2.24, 2.45) is 0 Å². The Morgan fingerprint density at radius 3 is 2.73 bits per heavy atom. The van der Waals surface area contributed by atoms with Crippen LogP contribution in [0.15, 0.2) is 42.9 Å². The molecule has 0 fully saturated rings. The van der Waals surface area contributed by atoms with Crippen LogP contribution in [-0.4, -0.2) is 25.7 Å². The average molecular weight is 296 g/mol. The first-order chi connectivity index (χ1) is 10.6. The van der Waals surface area contributed by atoms with Gasteiger partial charge in [0.1, 0.15) is 6.33 Å². The Labute approximate surface area is 126 Å². The first-order valence-electron chi connectivity index (χ1n) is 6.62. The molecule has 2 heterocycles. The highest BCUT2D eigenvalue weighted by Crippen LogP contribution is 2.20. The first kappa shape index (κ1) is 13.9. The number of nitrogens with zero attached hydrogens (tertiary/aromatic N) is 4. The van der Waals surface area contributed by atoms with Crippen molar-refractivity contribution in [1.82, 2.24) is 14.9 Å². The van der Waals surface area contributed by atoms with E-state index in [-0.39, 0.29) is 11.6 Å². The summed E-state index contributed by atoms with van der Waals surface area (Å²) in [6, 6.07) is 6.02. The van der Waals surface area contributed by atoms with Crippen molar-refractivity contribution in [1.29, 1.82) is 0 Å². The van der Waals surface area contributed by atoms with Gasteiger partial charge in [-0.3, -0.25) is 14.9 Å². The number of hydrogen-bond donors (Lipinski definition) is 0. The topological polar surface area (TPSA) is 89.2 Å². The van der Waals surface area contributed by atoms with Crippen LogP contribution >= 0.6 is 0 Å². The molecule has 0 bridgehead atoms. The van der Waals surface area contributed by atoms with Gasteiger partial charge in [0.25, 0.3) is 5.69 Å². The quantitative estimate of drug-likeness (QED) is 0.490. The lowest BCUT2D eigenvalue weighted by Crippen LogP contribution is -2.23. The number of fused-ring (bicyclic) bond motifs is 1. The second-order valence-electron chi connectivity index (χ2n) is 4.87. The minimum Gasteiger partial charge on any atom is -0.329 e. The molecule has 3 rings (SSSR count). The van der Waals surface area contributed by atoms with Gasteiger partial charge in [0.15, 0.2) is 0 Å². The number of nitro groups is 1. The van der Waals surface area contributed by atoms with Gasteiger partial charge in [-0.05, 0) is 23.8 Å². The molecule has 1 amide bonds. The number of non-ortho nitro benzene ring substituents is 1. The highest BCUT2D eigenvalue weighted by atomic mass is 16.6. The molecular formula is C15H12N4O3. The van der Waals surface area contributed by atoms with Gasteiger partial charge in [-0.2, -0.15) is 0 Å². The van der Waals surface area contributed by atoms with Gasteiger partial charge in [-0.1, -0.05) is 0 Å². The summed E-state index contributed by atoms with van der Waals surface area (Å²) in [5.74, 6) is -0.128. The van der Waals surface area contributed by atoms with Gasteiger partial charge < -0.3 is 4.90 Å². The lowest BCUT2D eigenvalue weighted by Gasteiger charge is -2.11. The number of carbonyl (C=O) groups is 1. The molecule has 1 aromatic heterocycles. The lowest BCUT2D eigenvalue weighted by atomic mass is 10.2. The maximum atomic E-state index is 12.1. The molecule has 7 nitrogen and oxygen atoms in total. The minimum atomic E-state index is -0.457. The van der Waals surface area contributed by atoms with Crippen molar-refractivity contribution >= 4 is 17.7 Å². The van der Waals surface area contributed by atoms with Crippen LogP contribution in [-0.2, 0) is 17.9 Å². The number of amides is 1. The Kier molecular flexibility index (Phi) is 3.61. The van der Waals surface area contributed by atoms with Gasteiger partial charge >= 0.3 is 0 Å². The van der Waals surface area contributed by atoms with Crippen molar-refractivity contribution in [3.8, 4) is 0 Å². The zero-order valence-electron chi connectivity index (χ0n) is 11.5. The Morgan fingerprint density at radius 1 is 1.27 bits per heavy atom. The summed E-state index contributed by atoms with van der Waals surface area (Å²) >= 11 is 0. The van der Waals surface area contributed by atoms with Gasteiger partial charge in [0.2, 0.25) is 5.91 Å². The summed E-state index contributed by atoms with van der Waals surface area (Å²) in [6.45, 7) is 0.973. The zero-order chi connectivity index (χ0) is 15.5. The normalized spacial score (nSPS) is 13.4. The molecule has 110 valence electrons. The lowest BCUT2D eigenvalue weighted by molar-refractivity contribution is -0.384. The minimum absolute atomic E-state index is 0.0250. The van der Waals surface area contributed by atoms with Crippen LogP contribution in [0.1, 0.15) is 16.8 Å². The van der Waals surface area contributed by atoms with Crippen LogP contribution in [0.25, 0.3) is 6.08 Å². The molecule has 0 spiro atoms. The number of hydrogen-bond acceptors (Lipinski definition) is 5. The zero-order valence-corrected chi connectivity index (χ0v) is 11.5. The van der Waals surface area contributed by atoms with Crippen molar-refractivity contribution < 1.29 is 9.72 Å². The molecular weight excluding hydrogens is 284 g/mol. The van der Waals surface area contributed by atoms with Gasteiger partial charge in [0.05, 0.1) is 17.2 Å². The summed E-state index contributed by atoms with van der Waals surface area (Å²) in [7, 11) is 0. The van der Waals surface area contributed by atoms with Crippen molar-refractivity contribution in [3.63, 3.8) is 0 Å². The van der Waals surface area contributed by atoms with E-state index in [1.807, 2.05) is 0 Å². The van der Waals surface area contributed by atoms with E-state index in [1.165, 1.54) is 24.5 Å². The molecule has 0 aliphatic carbocycles. The third-order valence-electron chi connectivity index (χ3n) is 3.42. The van der Waals surface area contributed by atoms with Crippen LogP contribution in [0.3, 0.4) is 0 Å². The smallest absolute Gasteiger partial charge is 0.269 e. The van der Waals surface area contributed by atoms with E-state index in [4.69, 9.17) is 0 Å². The summed E-state index contributed by atoms with van der Waals surface area (Å²) in [5, 5.41) is 10.6. The van der Waals surface area contributed by atoms with E-state index >= 15 is 0 Å². The number of benzene rings is 1. The van der Waals surface area contributed by atoms with E-state index in [9.17, 15) is 14.9 Å². The van der Waals surface area contributed by atoms with Crippen molar-refractivity contribution in [2.45, 2.75) is 13.1 Å². The molecule has 0 saturated carbocycles. The third-order valence-corrected chi connectivity index (χ3v) is 3.42. The second-order valence-corrected chi connectivity index (χ2v) is 4.87. The SMILES string of the molecule is O=C(/C=C/c1ccc([N+](=O)[O-])cc1)N1Cc2cncnc2C1. The first-order valence-corrected chi connectivity index (χ1v) is 6.62. The Morgan fingerprint density at radius 2 is 2.05 bits per heavy atom. The Hall–Kier alpha value is -3.09. The number of rotatable bonds is 3. The van der Waals surface area contributed by atoms with Gasteiger partial charge in [0, 0.05) is 36.5 Å². The van der Waals surface area contributed by atoms with Crippen LogP contribution in [0.5, 0.6) is 0 Å². The number of aromatic nitrogens is 2. The number of carbonyl (C=O) groups excluding carboxylic acids is 1. The summed E-state index contributed by atoms with van der Waals surface area (Å²) in [6.07, 6.45) is 6.29. The molecule has 7 heteroatoms. The molecule has 0 radical (unpaired) electrons. The molecule has 1 aromatic carbocycles. The van der Waals surface area contributed by atoms with Crippen LogP contribution in [0, 0.1) is 10.1 Å². The fraction of sp³-hybridized carbons (Fsp3) is 0.133. The maximum absolute atomic E-state index is 12.1. The Balaban J connectivity index is 1.66. The number of nitro benzene ring substituents is 1. The molecule has 1 aliphatic rings. The highest BCUT2D eigenvalue weighted by Gasteiger charge is 2.22. The van der Waals surface area contributed by atoms with Crippen LogP contribution in [0.2, 0.25) is 0 Å². The highest BCUT2D eigenvalue weighted by molar-refractivity contribution is 5.92. The van der Waals surface area contributed by atoms with E-state index in [1.54, 1.807) is 29.3 Å². The summed E-state index contributed by atoms with van der Waals surface area (Å²) in [5.41, 5.74) is 2.58. The van der Waals surface area contributed by atoms with E-state index < -0.39 is 4.92 Å².